The number of amidine groups is 1. The van der Waals surface area contributed by atoms with E-state index in [-0.39, 0.29) is 5.75 Å². The molecule has 0 aromatic heterocycles. The number of sulfone groups is 1. The fraction of sp³-hybridized carbons (Fsp3) is 0.875. The summed E-state index contributed by atoms with van der Waals surface area (Å²) in [4.78, 5) is 4.12. The Labute approximate surface area is 79.1 Å². The third kappa shape index (κ3) is 4.87. The fourth-order valence-electron chi connectivity index (χ4n) is 1.04. The maximum Gasteiger partial charge on any atom is 0.147 e. The Kier molecular flexibility index (Phi) is 3.30. The van der Waals surface area contributed by atoms with Gasteiger partial charge >= 0.3 is 0 Å². The molecule has 1 fully saturated rings. The van der Waals surface area contributed by atoms with Crippen LogP contribution < -0.4 is 5.73 Å². The minimum atomic E-state index is -2.84. The predicted molar refractivity (Wildman–Crippen MR) is 53.5 cm³/mol. The minimum absolute atomic E-state index is 0.203. The van der Waals surface area contributed by atoms with E-state index in [0.717, 1.165) is 12.8 Å². The van der Waals surface area contributed by atoms with Crippen LogP contribution in [0.1, 0.15) is 19.3 Å². The lowest BCUT2D eigenvalue weighted by Crippen LogP contribution is -2.15. The van der Waals surface area contributed by atoms with E-state index in [1.165, 1.54) is 6.26 Å². The van der Waals surface area contributed by atoms with Crippen LogP contribution in [0, 0.1) is 5.92 Å². The zero-order valence-corrected chi connectivity index (χ0v) is 8.68. The first-order valence-corrected chi connectivity index (χ1v) is 6.52. The normalized spacial score (nSPS) is 19.0. The summed E-state index contributed by atoms with van der Waals surface area (Å²) in [5.74, 6) is 1.39. The topological polar surface area (TPSA) is 72.5 Å². The van der Waals surface area contributed by atoms with Crippen molar-refractivity contribution in [1.82, 2.24) is 0 Å². The Morgan fingerprint density at radius 1 is 1.54 bits per heavy atom. The molecule has 1 saturated carbocycles. The van der Waals surface area contributed by atoms with Crippen molar-refractivity contribution in [3.8, 4) is 0 Å². The lowest BCUT2D eigenvalue weighted by molar-refractivity contribution is 0.599. The molecule has 76 valence electrons. The van der Waals surface area contributed by atoms with E-state index in [1.54, 1.807) is 0 Å². The monoisotopic (exact) mass is 204 g/mol. The number of nitrogens with two attached hydrogens (primary N) is 1. The van der Waals surface area contributed by atoms with Crippen molar-refractivity contribution in [1.29, 1.82) is 0 Å². The molecule has 0 aromatic rings. The van der Waals surface area contributed by atoms with Gasteiger partial charge in [-0.2, -0.15) is 0 Å². The molecule has 1 rings (SSSR count). The average molecular weight is 204 g/mol. The van der Waals surface area contributed by atoms with E-state index in [1.807, 2.05) is 0 Å². The van der Waals surface area contributed by atoms with E-state index in [2.05, 4.69) is 4.99 Å². The summed E-state index contributed by atoms with van der Waals surface area (Å²) in [6.45, 7) is 0.537. The van der Waals surface area contributed by atoms with Gasteiger partial charge in [-0.05, 0) is 19.3 Å². The van der Waals surface area contributed by atoms with E-state index in [0.29, 0.717) is 24.7 Å². The van der Waals surface area contributed by atoms with Gasteiger partial charge in [0, 0.05) is 18.7 Å². The second kappa shape index (κ2) is 4.09. The summed E-state index contributed by atoms with van der Waals surface area (Å²) in [5.41, 5.74) is 5.63. The maximum absolute atomic E-state index is 10.7. The molecule has 0 aliphatic heterocycles. The summed E-state index contributed by atoms with van der Waals surface area (Å²) >= 11 is 0. The zero-order chi connectivity index (χ0) is 9.90. The van der Waals surface area contributed by atoms with Crippen LogP contribution in [0.3, 0.4) is 0 Å². The lowest BCUT2D eigenvalue weighted by atomic mass is 10.4. The number of aliphatic imine (C=N–C) groups is 1. The third-order valence-corrected chi connectivity index (χ3v) is 2.99. The molecule has 0 spiro atoms. The summed E-state index contributed by atoms with van der Waals surface area (Å²) < 4.78 is 21.5. The van der Waals surface area contributed by atoms with Gasteiger partial charge in [-0.3, -0.25) is 4.99 Å². The summed E-state index contributed by atoms with van der Waals surface area (Å²) in [7, 11) is -2.84. The molecule has 0 saturated heterocycles. The van der Waals surface area contributed by atoms with Crippen LogP contribution in [0.15, 0.2) is 4.99 Å². The van der Waals surface area contributed by atoms with E-state index >= 15 is 0 Å². The molecule has 0 bridgehead atoms. The van der Waals surface area contributed by atoms with E-state index in [9.17, 15) is 8.42 Å². The third-order valence-electron chi connectivity index (χ3n) is 1.96. The summed E-state index contributed by atoms with van der Waals surface area (Å²) in [6.07, 6.45) is 4.09. The second-order valence-corrected chi connectivity index (χ2v) is 5.82. The van der Waals surface area contributed by atoms with Gasteiger partial charge in [-0.1, -0.05) is 0 Å². The van der Waals surface area contributed by atoms with Crippen LogP contribution in [0.25, 0.3) is 0 Å². The summed E-state index contributed by atoms with van der Waals surface area (Å²) in [6, 6.07) is 0. The first-order chi connectivity index (χ1) is 5.99. The molecule has 0 heterocycles. The quantitative estimate of drug-likeness (QED) is 0.394. The van der Waals surface area contributed by atoms with Crippen molar-refractivity contribution >= 4 is 15.7 Å². The molecule has 5 heteroatoms. The molecule has 1 aliphatic carbocycles. The highest BCUT2D eigenvalue weighted by molar-refractivity contribution is 7.90. The largest absolute Gasteiger partial charge is 0.387 e. The molecule has 0 amide bonds. The van der Waals surface area contributed by atoms with Gasteiger partial charge in [0.05, 0.1) is 11.6 Å². The number of rotatable bonds is 5. The highest BCUT2D eigenvalue weighted by Crippen LogP contribution is 2.28. The second-order valence-electron chi connectivity index (χ2n) is 3.56. The molecule has 2 N–H and O–H groups in total. The van der Waals surface area contributed by atoms with E-state index in [4.69, 9.17) is 5.73 Å². The fourth-order valence-corrected chi connectivity index (χ4v) is 1.70. The van der Waals surface area contributed by atoms with Crippen LogP contribution >= 0.6 is 0 Å². The van der Waals surface area contributed by atoms with Crippen LogP contribution in [0.5, 0.6) is 0 Å². The zero-order valence-electron chi connectivity index (χ0n) is 7.86. The van der Waals surface area contributed by atoms with Crippen LogP contribution in [-0.2, 0) is 9.84 Å². The molecule has 4 nitrogen and oxygen atoms in total. The first kappa shape index (κ1) is 10.5. The highest BCUT2D eigenvalue weighted by Gasteiger charge is 2.24. The van der Waals surface area contributed by atoms with Gasteiger partial charge in [0.15, 0.2) is 0 Å². The molecule has 0 unspecified atom stereocenters. The number of hydrogen-bond acceptors (Lipinski definition) is 3. The van der Waals surface area contributed by atoms with Gasteiger partial charge < -0.3 is 5.73 Å². The van der Waals surface area contributed by atoms with Crippen molar-refractivity contribution in [2.75, 3.05) is 18.6 Å². The molecular formula is C8H16N2O2S. The van der Waals surface area contributed by atoms with Crippen molar-refractivity contribution < 1.29 is 8.42 Å². The Balaban J connectivity index is 2.16. The molecule has 0 radical (unpaired) electrons. The smallest absolute Gasteiger partial charge is 0.147 e. The number of nitrogens with zero attached hydrogens (tertiary/aromatic N) is 1. The minimum Gasteiger partial charge on any atom is -0.387 e. The Hall–Kier alpha value is -0.580. The maximum atomic E-state index is 10.7. The Morgan fingerprint density at radius 2 is 2.15 bits per heavy atom. The SMILES string of the molecule is CS(=O)(=O)CCCN=C(N)C1CC1. The first-order valence-electron chi connectivity index (χ1n) is 4.46. The molecule has 13 heavy (non-hydrogen) atoms. The van der Waals surface area contributed by atoms with Crippen molar-refractivity contribution in [2.45, 2.75) is 19.3 Å². The number of hydrogen-bond donors (Lipinski definition) is 1. The standard InChI is InChI=1S/C8H16N2O2S/c1-13(11,12)6-2-5-10-8(9)7-3-4-7/h7H,2-6H2,1H3,(H2,9,10). The van der Waals surface area contributed by atoms with Gasteiger partial charge in [0.25, 0.3) is 0 Å². The highest BCUT2D eigenvalue weighted by atomic mass is 32.2. The molecular weight excluding hydrogens is 188 g/mol. The van der Waals surface area contributed by atoms with Crippen LogP contribution in [-0.4, -0.2) is 32.8 Å². The average Bonchev–Trinajstić information content (AvgIpc) is 2.77. The van der Waals surface area contributed by atoms with Crippen molar-refractivity contribution in [2.24, 2.45) is 16.6 Å². The molecule has 1 aliphatic rings. The summed E-state index contributed by atoms with van der Waals surface area (Å²) in [5, 5.41) is 0. The molecule has 0 atom stereocenters. The van der Waals surface area contributed by atoms with Gasteiger partial charge in [0.1, 0.15) is 9.84 Å². The van der Waals surface area contributed by atoms with Crippen LogP contribution in [0.2, 0.25) is 0 Å². The Bertz CT molecular complexity index is 291. The Morgan fingerprint density at radius 3 is 2.62 bits per heavy atom. The van der Waals surface area contributed by atoms with Crippen LogP contribution in [0.4, 0.5) is 0 Å². The van der Waals surface area contributed by atoms with Crippen molar-refractivity contribution in [3.05, 3.63) is 0 Å². The van der Waals surface area contributed by atoms with E-state index < -0.39 is 9.84 Å². The molecule has 0 aromatic carbocycles. The predicted octanol–water partition coefficient (Wildman–Crippen LogP) is 0.188. The van der Waals surface area contributed by atoms with Gasteiger partial charge in [-0.25, -0.2) is 8.42 Å². The van der Waals surface area contributed by atoms with Gasteiger partial charge in [0.2, 0.25) is 0 Å². The van der Waals surface area contributed by atoms with Gasteiger partial charge in [-0.15, -0.1) is 0 Å². The lowest BCUT2D eigenvalue weighted by Gasteiger charge is -1.97. The van der Waals surface area contributed by atoms with Crippen molar-refractivity contribution in [3.63, 3.8) is 0 Å².